The molecular weight excluding hydrogens is 562 g/mol. The van der Waals surface area contributed by atoms with E-state index >= 15 is 0 Å². The lowest BCUT2D eigenvalue weighted by Crippen LogP contribution is -2.39. The fourth-order valence-corrected chi connectivity index (χ4v) is 6.82. The lowest BCUT2D eigenvalue weighted by atomic mass is 9.81. The SMILES string of the molecule is CCOc1cccc(CN2CCc3cc(-c4c(C)nc(C)c(C(OC(C)(C)C)C(=O)O)c4N4CCC(C)(C)CC4)ccc3C2)c1. The number of carbonyl (C=O) groups is 1. The quantitative estimate of drug-likeness (QED) is 0.263. The van der Waals surface area contributed by atoms with E-state index in [0.717, 1.165) is 85.9 Å². The summed E-state index contributed by atoms with van der Waals surface area (Å²) in [6.07, 6.45) is 1.92. The van der Waals surface area contributed by atoms with Crippen molar-refractivity contribution in [3.8, 4) is 16.9 Å². The number of pyridine rings is 1. The number of hydrogen-bond acceptors (Lipinski definition) is 6. The van der Waals surface area contributed by atoms with Crippen LogP contribution in [0.3, 0.4) is 0 Å². The standard InChI is InChI=1S/C38H51N3O4/c1-9-44-31-12-10-11-27(21-31)23-40-18-15-28-22-29(13-14-30(28)24-40)32-25(2)39-26(3)33(35(36(42)43)45-37(4,5)6)34(32)41-19-16-38(7,8)17-20-41/h10-14,21-22,35H,9,15-20,23-24H2,1-8H3,(H,42,43). The summed E-state index contributed by atoms with van der Waals surface area (Å²) in [6, 6.07) is 15.2. The van der Waals surface area contributed by atoms with Gasteiger partial charge in [-0.15, -0.1) is 0 Å². The molecule has 2 aliphatic heterocycles. The highest BCUT2D eigenvalue weighted by molar-refractivity contribution is 5.88. The topological polar surface area (TPSA) is 75.1 Å². The highest BCUT2D eigenvalue weighted by atomic mass is 16.5. The van der Waals surface area contributed by atoms with Crippen LogP contribution in [0.25, 0.3) is 11.1 Å². The molecule has 45 heavy (non-hydrogen) atoms. The van der Waals surface area contributed by atoms with Gasteiger partial charge in [0.25, 0.3) is 0 Å². The number of benzene rings is 2. The Labute approximate surface area is 269 Å². The molecule has 1 unspecified atom stereocenters. The van der Waals surface area contributed by atoms with Gasteiger partial charge in [-0.1, -0.05) is 44.2 Å². The molecule has 0 aliphatic carbocycles. The third-order valence-corrected chi connectivity index (χ3v) is 9.17. The largest absolute Gasteiger partial charge is 0.494 e. The molecule has 7 heteroatoms. The van der Waals surface area contributed by atoms with Gasteiger partial charge in [0.05, 0.1) is 17.9 Å². The molecule has 2 aromatic carbocycles. The molecule has 1 atom stereocenters. The highest BCUT2D eigenvalue weighted by Crippen LogP contribution is 2.45. The van der Waals surface area contributed by atoms with E-state index in [-0.39, 0.29) is 5.41 Å². The molecule has 0 spiro atoms. The van der Waals surface area contributed by atoms with Gasteiger partial charge in [-0.3, -0.25) is 9.88 Å². The van der Waals surface area contributed by atoms with Crippen molar-refractivity contribution in [3.63, 3.8) is 0 Å². The van der Waals surface area contributed by atoms with Crippen molar-refractivity contribution >= 4 is 11.7 Å². The van der Waals surface area contributed by atoms with Crippen LogP contribution in [0.1, 0.15) is 94.1 Å². The molecule has 7 nitrogen and oxygen atoms in total. The number of aryl methyl sites for hydroxylation is 2. The van der Waals surface area contributed by atoms with Gasteiger partial charge in [-0.05, 0) is 101 Å². The number of carboxylic acids is 1. The number of aliphatic carboxylic acids is 1. The van der Waals surface area contributed by atoms with Gasteiger partial charge in [-0.2, -0.15) is 0 Å². The van der Waals surface area contributed by atoms with Gasteiger partial charge in [-0.25, -0.2) is 4.79 Å². The Kier molecular flexibility index (Phi) is 9.62. The van der Waals surface area contributed by atoms with Crippen molar-refractivity contribution in [2.45, 2.75) is 99.4 Å². The molecule has 1 aromatic heterocycles. The van der Waals surface area contributed by atoms with Gasteiger partial charge in [0.2, 0.25) is 0 Å². The van der Waals surface area contributed by atoms with E-state index in [1.807, 2.05) is 40.7 Å². The number of hydrogen-bond donors (Lipinski definition) is 1. The first-order valence-electron chi connectivity index (χ1n) is 16.5. The van der Waals surface area contributed by atoms with Gasteiger partial charge in [0.1, 0.15) is 5.75 Å². The number of carboxylic acid groups (broad SMARTS) is 1. The summed E-state index contributed by atoms with van der Waals surface area (Å²) in [5, 5.41) is 10.5. The molecule has 1 saturated heterocycles. The zero-order chi connectivity index (χ0) is 32.5. The van der Waals surface area contributed by atoms with E-state index in [1.54, 1.807) is 0 Å². The Morgan fingerprint density at radius 2 is 1.76 bits per heavy atom. The van der Waals surface area contributed by atoms with E-state index < -0.39 is 17.7 Å². The second kappa shape index (κ2) is 13.1. The number of nitrogens with zero attached hydrogens (tertiary/aromatic N) is 3. The van der Waals surface area contributed by atoms with Gasteiger partial charge in [0, 0.05) is 55.2 Å². The maximum atomic E-state index is 12.8. The van der Waals surface area contributed by atoms with Crippen LogP contribution in [0, 0.1) is 19.3 Å². The smallest absolute Gasteiger partial charge is 0.337 e. The monoisotopic (exact) mass is 613 g/mol. The summed E-state index contributed by atoms with van der Waals surface area (Å²) in [5.41, 5.74) is 8.97. The van der Waals surface area contributed by atoms with Crippen molar-refractivity contribution < 1.29 is 19.4 Å². The fraction of sp³-hybridized carbons (Fsp3) is 0.526. The van der Waals surface area contributed by atoms with Crippen LogP contribution in [0.15, 0.2) is 42.5 Å². The number of anilines is 1. The third-order valence-electron chi connectivity index (χ3n) is 9.17. The van der Waals surface area contributed by atoms with Gasteiger partial charge in [0.15, 0.2) is 6.10 Å². The Bertz CT molecular complexity index is 1530. The minimum Gasteiger partial charge on any atom is -0.494 e. The molecular formula is C38H51N3O4. The summed E-state index contributed by atoms with van der Waals surface area (Å²) < 4.78 is 12.0. The lowest BCUT2D eigenvalue weighted by molar-refractivity contribution is -0.160. The Hall–Kier alpha value is -3.42. The second-order valence-corrected chi connectivity index (χ2v) is 14.5. The van der Waals surface area contributed by atoms with Crippen LogP contribution >= 0.6 is 0 Å². The van der Waals surface area contributed by atoms with Crippen LogP contribution in [-0.2, 0) is 29.0 Å². The first kappa shape index (κ1) is 33.0. The minimum absolute atomic E-state index is 0.254. The minimum atomic E-state index is -1.12. The molecule has 1 fully saturated rings. The predicted octanol–water partition coefficient (Wildman–Crippen LogP) is 7.89. The van der Waals surface area contributed by atoms with Crippen molar-refractivity contribution in [2.24, 2.45) is 5.41 Å². The molecule has 0 saturated carbocycles. The van der Waals surface area contributed by atoms with Crippen molar-refractivity contribution in [1.29, 1.82) is 0 Å². The zero-order valence-electron chi connectivity index (χ0n) is 28.5. The van der Waals surface area contributed by atoms with Crippen LogP contribution in [0.2, 0.25) is 0 Å². The second-order valence-electron chi connectivity index (χ2n) is 14.5. The van der Waals surface area contributed by atoms with Gasteiger partial charge >= 0.3 is 5.97 Å². The lowest BCUT2D eigenvalue weighted by Gasteiger charge is -2.41. The van der Waals surface area contributed by atoms with Crippen LogP contribution in [-0.4, -0.2) is 52.8 Å². The Balaban J connectivity index is 1.53. The Morgan fingerprint density at radius 3 is 2.42 bits per heavy atom. The van der Waals surface area contributed by atoms with Crippen LogP contribution in [0.4, 0.5) is 5.69 Å². The van der Waals surface area contributed by atoms with Crippen molar-refractivity contribution in [1.82, 2.24) is 9.88 Å². The molecule has 0 radical (unpaired) electrons. The molecule has 1 N–H and O–H groups in total. The highest BCUT2D eigenvalue weighted by Gasteiger charge is 2.36. The average molecular weight is 614 g/mol. The molecule has 2 aliphatic rings. The van der Waals surface area contributed by atoms with E-state index in [4.69, 9.17) is 14.5 Å². The molecule has 0 amide bonds. The molecule has 0 bridgehead atoms. The molecule has 3 aromatic rings. The van der Waals surface area contributed by atoms with Crippen molar-refractivity contribution in [3.05, 3.63) is 76.1 Å². The zero-order valence-corrected chi connectivity index (χ0v) is 28.5. The van der Waals surface area contributed by atoms with E-state index in [2.05, 4.69) is 67.0 Å². The summed E-state index contributed by atoms with van der Waals surface area (Å²) in [4.78, 5) is 22.7. The maximum Gasteiger partial charge on any atom is 0.337 e. The van der Waals surface area contributed by atoms with Crippen LogP contribution in [0.5, 0.6) is 5.75 Å². The number of piperidine rings is 1. The van der Waals surface area contributed by atoms with E-state index in [9.17, 15) is 9.90 Å². The van der Waals surface area contributed by atoms with E-state index in [1.165, 1.54) is 16.7 Å². The summed E-state index contributed by atoms with van der Waals surface area (Å²) in [5.74, 6) is -0.0647. The molecule has 242 valence electrons. The predicted molar refractivity (Wildman–Crippen MR) is 181 cm³/mol. The molecule has 5 rings (SSSR count). The average Bonchev–Trinajstić information content (AvgIpc) is 2.95. The summed E-state index contributed by atoms with van der Waals surface area (Å²) >= 11 is 0. The number of aromatic nitrogens is 1. The first-order chi connectivity index (χ1) is 21.2. The normalized spacial score (nSPS) is 17.6. The van der Waals surface area contributed by atoms with Gasteiger partial charge < -0.3 is 19.5 Å². The fourth-order valence-electron chi connectivity index (χ4n) is 6.82. The van der Waals surface area contributed by atoms with E-state index in [0.29, 0.717) is 12.2 Å². The summed E-state index contributed by atoms with van der Waals surface area (Å²) in [6.45, 7) is 21.5. The molecule has 3 heterocycles. The number of rotatable bonds is 9. The first-order valence-corrected chi connectivity index (χ1v) is 16.5. The van der Waals surface area contributed by atoms with Crippen molar-refractivity contribution in [2.75, 3.05) is 31.1 Å². The third kappa shape index (κ3) is 7.70. The number of fused-ring (bicyclic) bond motifs is 1. The summed E-state index contributed by atoms with van der Waals surface area (Å²) in [7, 11) is 0. The van der Waals surface area contributed by atoms with Crippen LogP contribution < -0.4 is 9.64 Å². The maximum absolute atomic E-state index is 12.8. The number of ether oxygens (including phenoxy) is 2. The Morgan fingerprint density at radius 1 is 1.02 bits per heavy atom.